The molecule has 1 aromatic rings. The van der Waals surface area contributed by atoms with Crippen LogP contribution < -0.4 is 21.5 Å². The van der Waals surface area contributed by atoms with Crippen molar-refractivity contribution in [3.63, 3.8) is 0 Å². The second kappa shape index (κ2) is 4.40. The molecule has 0 atom stereocenters. The summed E-state index contributed by atoms with van der Waals surface area (Å²) in [4.78, 5) is -1.07. The van der Waals surface area contributed by atoms with Crippen molar-refractivity contribution in [3.05, 3.63) is 17.2 Å². The van der Waals surface area contributed by atoms with E-state index in [0.29, 0.717) is 0 Å². The SMILES string of the molecule is NNc1cc(Cl)c(S(N)(=O)=O)cc1S(N)(=O)=O. The number of nitrogens with two attached hydrogens (primary N) is 3. The van der Waals surface area contributed by atoms with E-state index in [1.165, 1.54) is 0 Å². The first-order valence-corrected chi connectivity index (χ1v) is 7.40. The van der Waals surface area contributed by atoms with Gasteiger partial charge in [-0.2, -0.15) is 0 Å². The number of hydrogen-bond acceptors (Lipinski definition) is 6. The summed E-state index contributed by atoms with van der Waals surface area (Å²) in [5, 5.41) is 9.48. The molecule has 0 aliphatic rings. The third kappa shape index (κ3) is 3.06. The third-order valence-electron chi connectivity index (χ3n) is 1.80. The maximum Gasteiger partial charge on any atom is 0.240 e. The number of anilines is 1. The molecule has 17 heavy (non-hydrogen) atoms. The van der Waals surface area contributed by atoms with E-state index in [1.807, 2.05) is 5.43 Å². The standard InChI is InChI=1S/C6H9ClN4O4S2/c7-3-1-4(11-8)6(17(10,14)15)2-5(3)16(9,12)13/h1-2,11H,8H2,(H2,9,12,13)(H2,10,14,15). The Hall–Kier alpha value is -0.910. The molecule has 7 N–H and O–H groups in total. The summed E-state index contributed by atoms with van der Waals surface area (Å²) >= 11 is 5.62. The van der Waals surface area contributed by atoms with Gasteiger partial charge in [0.25, 0.3) is 0 Å². The van der Waals surface area contributed by atoms with Crippen molar-refractivity contribution in [2.75, 3.05) is 5.43 Å². The first kappa shape index (κ1) is 14.2. The zero-order valence-electron chi connectivity index (χ0n) is 8.21. The van der Waals surface area contributed by atoms with E-state index in [-0.39, 0.29) is 10.7 Å². The number of benzene rings is 1. The van der Waals surface area contributed by atoms with Gasteiger partial charge in [-0.05, 0) is 12.1 Å². The summed E-state index contributed by atoms with van der Waals surface area (Å²) in [6.45, 7) is 0. The molecule has 0 saturated heterocycles. The zero-order chi connectivity index (χ0) is 13.4. The average Bonchev–Trinajstić information content (AvgIpc) is 2.13. The highest BCUT2D eigenvalue weighted by molar-refractivity contribution is 7.90. The fourth-order valence-corrected chi connectivity index (χ4v) is 2.98. The van der Waals surface area contributed by atoms with Gasteiger partial charge >= 0.3 is 0 Å². The van der Waals surface area contributed by atoms with Gasteiger partial charge in [-0.25, -0.2) is 27.1 Å². The van der Waals surface area contributed by atoms with Crippen molar-refractivity contribution in [1.29, 1.82) is 0 Å². The van der Waals surface area contributed by atoms with Crippen LogP contribution in [0.15, 0.2) is 21.9 Å². The molecule has 0 fully saturated rings. The Kier molecular flexibility index (Phi) is 3.66. The molecule has 1 aromatic carbocycles. The maximum absolute atomic E-state index is 11.2. The fraction of sp³-hybridized carbons (Fsp3) is 0. The van der Waals surface area contributed by atoms with E-state index >= 15 is 0 Å². The average molecular weight is 301 g/mol. The van der Waals surface area contributed by atoms with Crippen molar-refractivity contribution < 1.29 is 16.8 Å². The summed E-state index contributed by atoms with van der Waals surface area (Å²) in [5.41, 5.74) is 1.91. The van der Waals surface area contributed by atoms with Crippen LogP contribution in [0.25, 0.3) is 0 Å². The summed E-state index contributed by atoms with van der Waals surface area (Å²) in [6.07, 6.45) is 0. The summed E-state index contributed by atoms with van der Waals surface area (Å²) in [7, 11) is -8.33. The second-order valence-electron chi connectivity index (χ2n) is 3.01. The highest BCUT2D eigenvalue weighted by Gasteiger charge is 2.21. The lowest BCUT2D eigenvalue weighted by Crippen LogP contribution is -2.20. The van der Waals surface area contributed by atoms with E-state index in [9.17, 15) is 16.8 Å². The van der Waals surface area contributed by atoms with Crippen LogP contribution >= 0.6 is 11.6 Å². The van der Waals surface area contributed by atoms with E-state index in [2.05, 4.69) is 0 Å². The lowest BCUT2D eigenvalue weighted by atomic mass is 10.3. The minimum atomic E-state index is -4.17. The zero-order valence-corrected chi connectivity index (χ0v) is 10.6. The van der Waals surface area contributed by atoms with Crippen LogP contribution in [0.2, 0.25) is 5.02 Å². The van der Waals surface area contributed by atoms with Crippen molar-refractivity contribution in [2.45, 2.75) is 9.79 Å². The molecule has 0 aromatic heterocycles. The van der Waals surface area contributed by atoms with Gasteiger partial charge < -0.3 is 5.43 Å². The number of halogens is 1. The second-order valence-corrected chi connectivity index (χ2v) is 6.48. The normalized spacial score (nSPS) is 12.5. The molecule has 0 radical (unpaired) electrons. The van der Waals surface area contributed by atoms with Crippen LogP contribution in [0.4, 0.5) is 5.69 Å². The molecule has 11 heteroatoms. The van der Waals surface area contributed by atoms with Gasteiger partial charge in [-0.1, -0.05) is 11.6 Å². The summed E-state index contributed by atoms with van der Waals surface area (Å²) < 4.78 is 44.7. The third-order valence-corrected chi connectivity index (χ3v) is 4.13. The van der Waals surface area contributed by atoms with Crippen molar-refractivity contribution in [1.82, 2.24) is 0 Å². The summed E-state index contributed by atoms with van der Waals surface area (Å²) in [5.74, 6) is 5.07. The lowest BCUT2D eigenvalue weighted by molar-refractivity contribution is 0.596. The quantitative estimate of drug-likeness (QED) is 0.410. The Morgan fingerprint density at radius 2 is 1.47 bits per heavy atom. The van der Waals surface area contributed by atoms with E-state index < -0.39 is 29.8 Å². The molecule has 0 aliphatic carbocycles. The Labute approximate surface area is 103 Å². The van der Waals surface area contributed by atoms with E-state index in [4.69, 9.17) is 27.7 Å². The molecular weight excluding hydrogens is 292 g/mol. The van der Waals surface area contributed by atoms with Gasteiger partial charge in [0.1, 0.15) is 9.79 Å². The van der Waals surface area contributed by atoms with Crippen molar-refractivity contribution in [2.24, 2.45) is 16.1 Å². The van der Waals surface area contributed by atoms with Gasteiger partial charge in [0.05, 0.1) is 10.7 Å². The van der Waals surface area contributed by atoms with Crippen LogP contribution in [0.3, 0.4) is 0 Å². The number of hydrogen-bond donors (Lipinski definition) is 4. The molecule has 0 bridgehead atoms. The number of rotatable bonds is 3. The smallest absolute Gasteiger partial charge is 0.240 e. The van der Waals surface area contributed by atoms with Crippen LogP contribution in [-0.4, -0.2) is 16.8 Å². The Bertz CT molecular complexity index is 655. The minimum Gasteiger partial charge on any atom is -0.323 e. The molecule has 0 spiro atoms. The Morgan fingerprint density at radius 3 is 1.82 bits per heavy atom. The molecule has 0 heterocycles. The molecule has 8 nitrogen and oxygen atoms in total. The van der Waals surface area contributed by atoms with Crippen LogP contribution in [-0.2, 0) is 20.0 Å². The van der Waals surface area contributed by atoms with Crippen LogP contribution in [0.5, 0.6) is 0 Å². The van der Waals surface area contributed by atoms with Gasteiger partial charge in [0, 0.05) is 0 Å². The molecule has 0 aliphatic heterocycles. The number of primary sulfonamides is 2. The molecule has 0 unspecified atom stereocenters. The molecule has 96 valence electrons. The van der Waals surface area contributed by atoms with Crippen LogP contribution in [0.1, 0.15) is 0 Å². The van der Waals surface area contributed by atoms with Gasteiger partial charge in [0.15, 0.2) is 0 Å². The topological polar surface area (TPSA) is 158 Å². The van der Waals surface area contributed by atoms with Gasteiger partial charge in [-0.3, -0.25) is 5.84 Å². The predicted molar refractivity (Wildman–Crippen MR) is 62.0 cm³/mol. The number of nitrogens with one attached hydrogen (secondary N) is 1. The molecular formula is C6H9ClN4O4S2. The monoisotopic (exact) mass is 300 g/mol. The summed E-state index contributed by atoms with van der Waals surface area (Å²) in [6, 6.07) is 1.74. The van der Waals surface area contributed by atoms with Gasteiger partial charge in [-0.15, -0.1) is 0 Å². The minimum absolute atomic E-state index is 0.134. The number of hydrazine groups is 1. The molecule has 0 amide bonds. The Balaban J connectivity index is 3.73. The lowest BCUT2D eigenvalue weighted by Gasteiger charge is -2.10. The van der Waals surface area contributed by atoms with E-state index in [1.54, 1.807) is 0 Å². The van der Waals surface area contributed by atoms with Crippen molar-refractivity contribution >= 4 is 37.3 Å². The van der Waals surface area contributed by atoms with Gasteiger partial charge in [0.2, 0.25) is 20.0 Å². The highest BCUT2D eigenvalue weighted by Crippen LogP contribution is 2.29. The maximum atomic E-state index is 11.2. The molecule has 0 saturated carbocycles. The largest absolute Gasteiger partial charge is 0.323 e. The molecule has 1 rings (SSSR count). The Morgan fingerprint density at radius 1 is 1.00 bits per heavy atom. The fourth-order valence-electron chi connectivity index (χ4n) is 1.10. The highest BCUT2D eigenvalue weighted by atomic mass is 35.5. The number of sulfonamides is 2. The first-order chi connectivity index (χ1) is 7.57. The van der Waals surface area contributed by atoms with Crippen molar-refractivity contribution in [3.8, 4) is 0 Å². The van der Waals surface area contributed by atoms with Crippen LogP contribution in [0, 0.1) is 0 Å². The predicted octanol–water partition coefficient (Wildman–Crippen LogP) is -1.08. The van der Waals surface area contributed by atoms with E-state index in [0.717, 1.165) is 12.1 Å². The number of nitrogen functional groups attached to an aromatic ring is 1. The first-order valence-electron chi connectivity index (χ1n) is 3.93.